The van der Waals surface area contributed by atoms with Gasteiger partial charge in [-0.3, -0.25) is 4.94 Å². The number of rotatable bonds is 3. The summed E-state index contributed by atoms with van der Waals surface area (Å²) in [5.74, 6) is -2.02. The second kappa shape index (κ2) is 4.39. The summed E-state index contributed by atoms with van der Waals surface area (Å²) >= 11 is 0. The van der Waals surface area contributed by atoms with Crippen LogP contribution in [0.3, 0.4) is 0 Å². The topological polar surface area (TPSA) is 98.7 Å². The van der Waals surface area contributed by atoms with Crippen molar-refractivity contribution >= 4 is 13.8 Å². The van der Waals surface area contributed by atoms with Crippen LogP contribution in [0.2, 0.25) is 0 Å². The molecule has 0 aliphatic rings. The van der Waals surface area contributed by atoms with Crippen LogP contribution in [0.1, 0.15) is 10.4 Å². The first-order valence-electron chi connectivity index (χ1n) is 3.57. The number of carbonyl (C=O) groups is 1. The van der Waals surface area contributed by atoms with Gasteiger partial charge in [-0.25, -0.2) is 4.79 Å². The van der Waals surface area contributed by atoms with Gasteiger partial charge in [0.1, 0.15) is 13.4 Å². The SMILES string of the molecule is O=C(OP(=O)([O-])[O-])c1ccccc1OF. The smallest absolute Gasteiger partial charge is 0.345 e. The molecule has 15 heavy (non-hydrogen) atoms. The molecule has 0 atom stereocenters. The molecule has 8 heteroatoms. The second-order valence-corrected chi connectivity index (χ2v) is 3.48. The van der Waals surface area contributed by atoms with Crippen molar-refractivity contribution in [3.8, 4) is 5.75 Å². The number of para-hydroxylation sites is 1. The van der Waals surface area contributed by atoms with Crippen molar-refractivity contribution < 1.29 is 33.1 Å². The van der Waals surface area contributed by atoms with Crippen molar-refractivity contribution in [3.05, 3.63) is 29.8 Å². The van der Waals surface area contributed by atoms with Crippen molar-refractivity contribution in [1.29, 1.82) is 0 Å². The zero-order valence-corrected chi connectivity index (χ0v) is 7.98. The molecule has 6 nitrogen and oxygen atoms in total. The molecule has 0 saturated heterocycles. The van der Waals surface area contributed by atoms with Crippen molar-refractivity contribution in [2.75, 3.05) is 0 Å². The zero-order chi connectivity index (χ0) is 11.5. The average Bonchev–Trinajstić information content (AvgIpc) is 2.15. The summed E-state index contributed by atoms with van der Waals surface area (Å²) in [6, 6.07) is 4.78. The van der Waals surface area contributed by atoms with Crippen LogP contribution in [0.4, 0.5) is 4.53 Å². The molecule has 1 aromatic carbocycles. The first-order chi connectivity index (χ1) is 6.94. The summed E-state index contributed by atoms with van der Waals surface area (Å²) in [7, 11) is -5.45. The van der Waals surface area contributed by atoms with Gasteiger partial charge in [-0.05, 0) is 12.1 Å². The van der Waals surface area contributed by atoms with Crippen molar-refractivity contribution in [2.45, 2.75) is 0 Å². The lowest BCUT2D eigenvalue weighted by atomic mass is 10.2. The first kappa shape index (κ1) is 11.6. The Morgan fingerprint density at radius 3 is 2.47 bits per heavy atom. The first-order valence-corrected chi connectivity index (χ1v) is 5.03. The van der Waals surface area contributed by atoms with Gasteiger partial charge in [0.2, 0.25) is 0 Å². The van der Waals surface area contributed by atoms with E-state index in [2.05, 4.69) is 9.47 Å². The normalized spacial score (nSPS) is 10.9. The van der Waals surface area contributed by atoms with E-state index in [0.717, 1.165) is 12.1 Å². The Bertz CT molecular complexity index is 414. The standard InChI is InChI=1S/C7H6FO6P/c8-13-6-4-2-1-3-5(6)7(9)14-15(10,11)12/h1-4H,(H2,10,11,12)/p-2. The number of hydrogen-bond donors (Lipinski definition) is 0. The van der Waals surface area contributed by atoms with Crippen LogP contribution in [0.5, 0.6) is 5.75 Å². The fourth-order valence-electron chi connectivity index (χ4n) is 0.853. The maximum atomic E-state index is 11.8. The Morgan fingerprint density at radius 2 is 1.93 bits per heavy atom. The van der Waals surface area contributed by atoms with Gasteiger partial charge in [0, 0.05) is 4.53 Å². The molecule has 0 unspecified atom stereocenters. The van der Waals surface area contributed by atoms with Gasteiger partial charge in [0.25, 0.3) is 0 Å². The van der Waals surface area contributed by atoms with Gasteiger partial charge in [0.15, 0.2) is 5.75 Å². The summed E-state index contributed by atoms with van der Waals surface area (Å²) < 4.78 is 25.5. The number of benzene rings is 1. The van der Waals surface area contributed by atoms with Crippen LogP contribution in [0.25, 0.3) is 0 Å². The highest BCUT2D eigenvalue weighted by atomic mass is 31.2. The molecule has 0 aliphatic carbocycles. The van der Waals surface area contributed by atoms with Crippen LogP contribution in [0.15, 0.2) is 24.3 Å². The third-order valence-electron chi connectivity index (χ3n) is 1.38. The number of halogens is 1. The minimum absolute atomic E-state index is 0.494. The third kappa shape index (κ3) is 3.32. The van der Waals surface area contributed by atoms with E-state index in [4.69, 9.17) is 0 Å². The molecule has 1 rings (SSSR count). The van der Waals surface area contributed by atoms with Crippen LogP contribution in [-0.2, 0) is 9.09 Å². The third-order valence-corrected chi connectivity index (χ3v) is 1.77. The predicted octanol–water partition coefficient (Wildman–Crippen LogP) is -0.0646. The molecule has 0 fully saturated rings. The Morgan fingerprint density at radius 1 is 1.33 bits per heavy atom. The Hall–Kier alpha value is -1.43. The maximum Gasteiger partial charge on any atom is 0.345 e. The van der Waals surface area contributed by atoms with Gasteiger partial charge in [-0.1, -0.05) is 12.1 Å². The second-order valence-electron chi connectivity index (χ2n) is 2.40. The lowest BCUT2D eigenvalue weighted by molar-refractivity contribution is -0.336. The van der Waals surface area contributed by atoms with Gasteiger partial charge in [-0.15, -0.1) is 0 Å². The van der Waals surface area contributed by atoms with E-state index in [-0.39, 0.29) is 0 Å². The molecule has 0 radical (unpaired) electrons. The molecule has 0 aliphatic heterocycles. The molecule has 0 amide bonds. The zero-order valence-electron chi connectivity index (χ0n) is 7.08. The lowest BCUT2D eigenvalue weighted by Gasteiger charge is -2.27. The molecule has 0 heterocycles. The van der Waals surface area contributed by atoms with Gasteiger partial charge >= 0.3 is 5.97 Å². The molecule has 82 valence electrons. The minimum Gasteiger partial charge on any atom is -0.780 e. The Labute approximate surface area is 83.4 Å². The summed E-state index contributed by atoms with van der Waals surface area (Å²) in [4.78, 5) is 34.5. The molecule has 0 bridgehead atoms. The molecule has 0 saturated carbocycles. The monoisotopic (exact) mass is 234 g/mol. The van der Waals surface area contributed by atoms with Crippen molar-refractivity contribution in [1.82, 2.24) is 0 Å². The minimum atomic E-state index is -5.45. The van der Waals surface area contributed by atoms with Crippen molar-refractivity contribution in [3.63, 3.8) is 0 Å². The summed E-state index contributed by atoms with van der Waals surface area (Å²) in [5.41, 5.74) is -0.494. The van der Waals surface area contributed by atoms with Crippen LogP contribution < -0.4 is 14.7 Å². The fraction of sp³-hybridized carbons (Fsp3) is 0. The lowest BCUT2D eigenvalue weighted by Crippen LogP contribution is -2.20. The molecule has 1 aromatic rings. The van der Waals surface area contributed by atoms with E-state index >= 15 is 0 Å². The van der Waals surface area contributed by atoms with Crippen LogP contribution in [-0.4, -0.2) is 5.97 Å². The molecular formula is C7H4FO6P-2. The van der Waals surface area contributed by atoms with E-state index < -0.39 is 25.1 Å². The number of carbonyl (C=O) groups excluding carboxylic acids is 1. The predicted molar refractivity (Wildman–Crippen MR) is 41.2 cm³/mol. The van der Waals surface area contributed by atoms with Gasteiger partial charge in [-0.2, -0.15) is 0 Å². The molecular weight excluding hydrogens is 230 g/mol. The maximum absolute atomic E-state index is 11.8. The largest absolute Gasteiger partial charge is 0.780 e. The van der Waals surface area contributed by atoms with E-state index in [1.165, 1.54) is 12.1 Å². The number of hydrogen-bond acceptors (Lipinski definition) is 6. The highest BCUT2D eigenvalue weighted by Crippen LogP contribution is 2.29. The molecule has 0 spiro atoms. The Kier molecular flexibility index (Phi) is 3.41. The quantitative estimate of drug-likeness (QED) is 0.679. The highest BCUT2D eigenvalue weighted by molar-refractivity contribution is 7.43. The van der Waals surface area contributed by atoms with Crippen LogP contribution in [0, 0.1) is 0 Å². The van der Waals surface area contributed by atoms with E-state index in [1.54, 1.807) is 0 Å². The van der Waals surface area contributed by atoms with Crippen molar-refractivity contribution in [2.24, 2.45) is 0 Å². The Balaban J connectivity index is 2.96. The van der Waals surface area contributed by atoms with Crippen LogP contribution >= 0.6 is 7.82 Å². The summed E-state index contributed by atoms with van der Waals surface area (Å²) in [6.45, 7) is 0. The molecule has 0 N–H and O–H groups in total. The van der Waals surface area contributed by atoms with Gasteiger partial charge in [0.05, 0.1) is 0 Å². The highest BCUT2D eigenvalue weighted by Gasteiger charge is 2.15. The number of phosphoric ester groups is 1. The summed E-state index contributed by atoms with van der Waals surface area (Å²) in [6.07, 6.45) is 0. The fourth-order valence-corrected chi connectivity index (χ4v) is 1.15. The average molecular weight is 234 g/mol. The van der Waals surface area contributed by atoms with E-state index in [0.29, 0.717) is 0 Å². The van der Waals surface area contributed by atoms with Gasteiger partial charge < -0.3 is 18.9 Å². The summed E-state index contributed by atoms with van der Waals surface area (Å²) in [5, 5.41) is 0. The van der Waals surface area contributed by atoms with E-state index in [1.807, 2.05) is 0 Å². The van der Waals surface area contributed by atoms with E-state index in [9.17, 15) is 23.7 Å². The molecule has 0 aromatic heterocycles. The number of phosphoric acid groups is 1.